The zero-order chi connectivity index (χ0) is 15.8. The molecule has 1 saturated carbocycles. The fourth-order valence-corrected chi connectivity index (χ4v) is 4.69. The molecule has 0 atom stereocenters. The lowest BCUT2D eigenvalue weighted by Gasteiger charge is -2.45. The van der Waals surface area contributed by atoms with Crippen LogP contribution in [0, 0.1) is 10.8 Å². The molecule has 1 N–H and O–H groups in total. The van der Waals surface area contributed by atoms with Crippen molar-refractivity contribution in [2.45, 2.75) is 78.5 Å². The average molecular weight is 304 g/mol. The monoisotopic (exact) mass is 303 g/mol. The van der Waals surface area contributed by atoms with Crippen molar-refractivity contribution in [1.82, 2.24) is 5.32 Å². The Morgan fingerprint density at radius 3 is 1.90 bits per heavy atom. The summed E-state index contributed by atoms with van der Waals surface area (Å²) < 4.78 is 23.6. The highest BCUT2D eigenvalue weighted by atomic mass is 32.2. The smallest absolute Gasteiger partial charge is 0.156 e. The topological polar surface area (TPSA) is 46.2 Å². The lowest BCUT2D eigenvalue weighted by molar-refractivity contribution is 0.0860. The molecule has 20 heavy (non-hydrogen) atoms. The average Bonchev–Trinajstić information content (AvgIpc) is 2.09. The predicted molar refractivity (Wildman–Crippen MR) is 86.7 cm³/mol. The molecular formula is C16H33NO2S. The van der Waals surface area contributed by atoms with Gasteiger partial charge in [-0.2, -0.15) is 0 Å². The molecule has 0 unspecified atom stereocenters. The minimum absolute atomic E-state index is 0.230. The molecule has 3 nitrogen and oxygen atoms in total. The Morgan fingerprint density at radius 2 is 1.50 bits per heavy atom. The van der Waals surface area contributed by atoms with Crippen molar-refractivity contribution in [3.05, 3.63) is 0 Å². The first-order valence-corrected chi connectivity index (χ1v) is 9.35. The summed E-state index contributed by atoms with van der Waals surface area (Å²) in [5.41, 5.74) is 0.671. The molecule has 4 heteroatoms. The molecule has 0 aromatic carbocycles. The third-order valence-corrected chi connectivity index (χ3v) is 6.90. The van der Waals surface area contributed by atoms with Gasteiger partial charge < -0.3 is 5.32 Å². The molecule has 0 heterocycles. The van der Waals surface area contributed by atoms with Gasteiger partial charge in [-0.1, -0.05) is 27.7 Å². The molecule has 0 amide bonds. The van der Waals surface area contributed by atoms with E-state index in [1.807, 2.05) is 0 Å². The van der Waals surface area contributed by atoms with Gasteiger partial charge in [0.1, 0.15) is 0 Å². The molecule has 0 spiro atoms. The summed E-state index contributed by atoms with van der Waals surface area (Å²) in [6, 6.07) is 0.434. The van der Waals surface area contributed by atoms with E-state index in [-0.39, 0.29) is 5.75 Å². The minimum atomic E-state index is -3.02. The normalized spacial score (nSPS) is 23.8. The van der Waals surface area contributed by atoms with Crippen LogP contribution in [0.2, 0.25) is 0 Å². The third kappa shape index (κ3) is 5.03. The van der Waals surface area contributed by atoms with Crippen LogP contribution in [0.5, 0.6) is 0 Å². The van der Waals surface area contributed by atoms with E-state index in [1.165, 1.54) is 6.42 Å². The van der Waals surface area contributed by atoms with Crippen molar-refractivity contribution in [2.24, 2.45) is 10.8 Å². The molecule has 1 fully saturated rings. The number of hydrogen-bond acceptors (Lipinski definition) is 3. The number of sulfone groups is 1. The zero-order valence-corrected chi connectivity index (χ0v) is 15.2. The Balaban J connectivity index is 2.55. The standard InChI is InChI=1S/C16H33NO2S/c1-14(2,3)20(18,19)9-8-17-13-10-15(4,5)12-16(6,7)11-13/h13,17H,8-12H2,1-7H3. The van der Waals surface area contributed by atoms with Gasteiger partial charge in [-0.3, -0.25) is 0 Å². The molecular weight excluding hydrogens is 270 g/mol. The van der Waals surface area contributed by atoms with Crippen molar-refractivity contribution < 1.29 is 8.42 Å². The van der Waals surface area contributed by atoms with Crippen molar-refractivity contribution >= 4 is 9.84 Å². The maximum absolute atomic E-state index is 12.1. The maximum atomic E-state index is 12.1. The van der Waals surface area contributed by atoms with Gasteiger partial charge in [0, 0.05) is 12.6 Å². The van der Waals surface area contributed by atoms with Crippen LogP contribution in [0.15, 0.2) is 0 Å². The van der Waals surface area contributed by atoms with Gasteiger partial charge in [-0.05, 0) is 50.9 Å². The van der Waals surface area contributed by atoms with Gasteiger partial charge in [-0.25, -0.2) is 8.42 Å². The van der Waals surface area contributed by atoms with Crippen molar-refractivity contribution in [3.63, 3.8) is 0 Å². The Morgan fingerprint density at radius 1 is 1.05 bits per heavy atom. The van der Waals surface area contributed by atoms with Crippen LogP contribution in [0.25, 0.3) is 0 Å². The number of nitrogens with one attached hydrogen (secondary N) is 1. The van der Waals surface area contributed by atoms with Crippen LogP contribution < -0.4 is 5.32 Å². The van der Waals surface area contributed by atoms with Crippen LogP contribution in [-0.4, -0.2) is 31.5 Å². The lowest BCUT2D eigenvalue weighted by atomic mass is 9.63. The van der Waals surface area contributed by atoms with Gasteiger partial charge >= 0.3 is 0 Å². The summed E-state index contributed by atoms with van der Waals surface area (Å²) in [4.78, 5) is 0. The summed E-state index contributed by atoms with van der Waals surface area (Å²) in [6.45, 7) is 15.1. The molecule has 0 bridgehead atoms. The van der Waals surface area contributed by atoms with E-state index in [9.17, 15) is 8.42 Å². The fourth-order valence-electron chi connectivity index (χ4n) is 3.69. The van der Waals surface area contributed by atoms with Gasteiger partial charge in [0.2, 0.25) is 0 Å². The van der Waals surface area contributed by atoms with E-state index in [1.54, 1.807) is 20.8 Å². The van der Waals surface area contributed by atoms with Gasteiger partial charge in [-0.15, -0.1) is 0 Å². The number of hydrogen-bond donors (Lipinski definition) is 1. The van der Waals surface area contributed by atoms with Crippen LogP contribution in [0.1, 0.15) is 67.7 Å². The molecule has 0 aliphatic heterocycles. The summed E-state index contributed by atoms with van der Waals surface area (Å²) in [5, 5.41) is 3.48. The number of rotatable bonds is 4. The Kier molecular flexibility index (Phi) is 5.03. The predicted octanol–water partition coefficient (Wildman–Crippen LogP) is 3.39. The van der Waals surface area contributed by atoms with E-state index < -0.39 is 14.6 Å². The summed E-state index contributed by atoms with van der Waals surface area (Å²) in [7, 11) is -3.02. The van der Waals surface area contributed by atoms with Crippen LogP contribution in [0.4, 0.5) is 0 Å². The second kappa shape index (κ2) is 5.60. The quantitative estimate of drug-likeness (QED) is 0.866. The van der Waals surface area contributed by atoms with E-state index >= 15 is 0 Å². The largest absolute Gasteiger partial charge is 0.313 e. The van der Waals surface area contributed by atoms with Crippen LogP contribution in [-0.2, 0) is 9.84 Å². The second-order valence-electron chi connectivity index (χ2n) is 9.00. The highest BCUT2D eigenvalue weighted by Gasteiger charge is 2.38. The fraction of sp³-hybridized carbons (Fsp3) is 1.00. The van der Waals surface area contributed by atoms with Crippen LogP contribution >= 0.6 is 0 Å². The first-order chi connectivity index (χ1) is 8.74. The van der Waals surface area contributed by atoms with Crippen molar-refractivity contribution in [2.75, 3.05) is 12.3 Å². The third-order valence-electron chi connectivity index (χ3n) is 4.29. The molecule has 1 aliphatic rings. The summed E-state index contributed by atoms with van der Waals surface area (Å²) in [6.07, 6.45) is 3.50. The van der Waals surface area contributed by atoms with Crippen LogP contribution in [0.3, 0.4) is 0 Å². The SMILES string of the molecule is CC1(C)CC(NCCS(=O)(=O)C(C)(C)C)CC(C)(C)C1. The van der Waals surface area contributed by atoms with Gasteiger partial charge in [0.15, 0.2) is 9.84 Å². The highest BCUT2D eigenvalue weighted by molar-refractivity contribution is 7.92. The van der Waals surface area contributed by atoms with Gasteiger partial charge in [0.25, 0.3) is 0 Å². The summed E-state index contributed by atoms with van der Waals surface area (Å²) >= 11 is 0. The maximum Gasteiger partial charge on any atom is 0.156 e. The Labute approximate surface area is 125 Å². The Hall–Kier alpha value is -0.0900. The molecule has 0 saturated heterocycles. The molecule has 0 aromatic rings. The molecule has 120 valence electrons. The van der Waals surface area contributed by atoms with Crippen molar-refractivity contribution in [3.8, 4) is 0 Å². The van der Waals surface area contributed by atoms with Crippen molar-refractivity contribution in [1.29, 1.82) is 0 Å². The Bertz CT molecular complexity index is 414. The second-order valence-corrected chi connectivity index (χ2v) is 11.9. The zero-order valence-electron chi connectivity index (χ0n) is 14.3. The molecule has 0 radical (unpaired) electrons. The molecule has 1 aliphatic carbocycles. The first kappa shape index (κ1) is 18.0. The van der Waals surface area contributed by atoms with E-state index in [0.717, 1.165) is 12.8 Å². The van der Waals surface area contributed by atoms with Gasteiger partial charge in [0.05, 0.1) is 10.5 Å². The van der Waals surface area contributed by atoms with E-state index in [2.05, 4.69) is 33.0 Å². The molecule has 1 rings (SSSR count). The first-order valence-electron chi connectivity index (χ1n) is 7.70. The molecule has 0 aromatic heterocycles. The minimum Gasteiger partial charge on any atom is -0.313 e. The lowest BCUT2D eigenvalue weighted by Crippen LogP contribution is -2.45. The van der Waals surface area contributed by atoms with E-state index in [4.69, 9.17) is 0 Å². The van der Waals surface area contributed by atoms with E-state index in [0.29, 0.717) is 23.4 Å². The summed E-state index contributed by atoms with van der Waals surface area (Å²) in [5.74, 6) is 0.230. The highest BCUT2D eigenvalue weighted by Crippen LogP contribution is 2.45.